The molecule has 0 aliphatic carbocycles. The van der Waals surface area contributed by atoms with Crippen molar-refractivity contribution in [3.63, 3.8) is 0 Å². The highest BCUT2D eigenvalue weighted by Crippen LogP contribution is 2.18. The van der Waals surface area contributed by atoms with E-state index in [-0.39, 0.29) is 0 Å². The summed E-state index contributed by atoms with van der Waals surface area (Å²) >= 11 is 0. The molecule has 0 aliphatic rings. The van der Waals surface area contributed by atoms with Crippen LogP contribution >= 0.6 is 0 Å². The van der Waals surface area contributed by atoms with Gasteiger partial charge in [0.2, 0.25) is 0 Å². The lowest BCUT2D eigenvalue weighted by Crippen LogP contribution is -2.18. The zero-order chi connectivity index (χ0) is 10.1. The Balaban J connectivity index is 3.20. The van der Waals surface area contributed by atoms with Crippen LogP contribution in [-0.2, 0) is 5.41 Å². The molecule has 0 aliphatic heterocycles. The number of aryl methyl sites for hydroxylation is 2. The van der Waals surface area contributed by atoms with Gasteiger partial charge in [-0.25, -0.2) is 9.97 Å². The van der Waals surface area contributed by atoms with Crippen LogP contribution < -0.4 is 0 Å². The molecule has 0 radical (unpaired) electrons. The van der Waals surface area contributed by atoms with E-state index in [1.165, 1.54) is 0 Å². The summed E-state index contributed by atoms with van der Waals surface area (Å²) in [7, 11) is 0. The van der Waals surface area contributed by atoms with Gasteiger partial charge in [0, 0.05) is 11.9 Å². The standard InChI is InChI=1S/C10H13N3/c1-7-5-12-9(13-8(7)2)10(3,4)6-11/h5H,1-4H3. The maximum Gasteiger partial charge on any atom is 0.148 e. The zero-order valence-electron chi connectivity index (χ0n) is 8.42. The van der Waals surface area contributed by atoms with E-state index in [9.17, 15) is 0 Å². The Morgan fingerprint density at radius 2 is 2.00 bits per heavy atom. The maximum atomic E-state index is 8.88. The highest BCUT2D eigenvalue weighted by molar-refractivity contribution is 5.21. The Kier molecular flexibility index (Phi) is 2.33. The molecule has 3 heteroatoms. The van der Waals surface area contributed by atoms with Crippen LogP contribution in [0.2, 0.25) is 0 Å². The van der Waals surface area contributed by atoms with Crippen molar-refractivity contribution in [1.29, 1.82) is 5.26 Å². The molecule has 1 aromatic rings. The molecule has 0 bridgehead atoms. The fourth-order valence-corrected chi connectivity index (χ4v) is 0.878. The third kappa shape index (κ3) is 1.83. The van der Waals surface area contributed by atoms with E-state index in [1.807, 2.05) is 27.7 Å². The average molecular weight is 175 g/mol. The number of nitriles is 1. The molecule has 13 heavy (non-hydrogen) atoms. The first-order valence-electron chi connectivity index (χ1n) is 4.19. The average Bonchev–Trinajstić information content (AvgIpc) is 2.09. The number of nitrogens with zero attached hydrogens (tertiary/aromatic N) is 3. The predicted molar refractivity (Wildman–Crippen MR) is 50.1 cm³/mol. The lowest BCUT2D eigenvalue weighted by atomic mass is 9.94. The van der Waals surface area contributed by atoms with E-state index in [0.717, 1.165) is 11.3 Å². The minimum atomic E-state index is -0.599. The molecular weight excluding hydrogens is 162 g/mol. The van der Waals surface area contributed by atoms with Gasteiger partial charge in [-0.1, -0.05) is 0 Å². The summed E-state index contributed by atoms with van der Waals surface area (Å²) in [6, 6.07) is 2.18. The van der Waals surface area contributed by atoms with Gasteiger partial charge in [-0.2, -0.15) is 5.26 Å². The van der Waals surface area contributed by atoms with Gasteiger partial charge >= 0.3 is 0 Å². The van der Waals surface area contributed by atoms with Gasteiger partial charge in [0.05, 0.1) is 6.07 Å². The maximum absolute atomic E-state index is 8.88. The van der Waals surface area contributed by atoms with E-state index in [4.69, 9.17) is 5.26 Å². The summed E-state index contributed by atoms with van der Waals surface area (Å²) < 4.78 is 0. The van der Waals surface area contributed by atoms with Crippen LogP contribution in [-0.4, -0.2) is 9.97 Å². The Morgan fingerprint density at radius 3 is 2.46 bits per heavy atom. The summed E-state index contributed by atoms with van der Waals surface area (Å²) in [5, 5.41) is 8.88. The highest BCUT2D eigenvalue weighted by Gasteiger charge is 2.23. The lowest BCUT2D eigenvalue weighted by Gasteiger charge is -2.13. The lowest BCUT2D eigenvalue weighted by molar-refractivity contribution is 0.624. The Labute approximate surface area is 78.5 Å². The monoisotopic (exact) mass is 175 g/mol. The molecule has 1 rings (SSSR count). The Morgan fingerprint density at radius 1 is 1.38 bits per heavy atom. The van der Waals surface area contributed by atoms with E-state index in [1.54, 1.807) is 6.20 Å². The van der Waals surface area contributed by atoms with Crippen molar-refractivity contribution < 1.29 is 0 Å². The molecule has 0 aromatic carbocycles. The molecular formula is C10H13N3. The quantitative estimate of drug-likeness (QED) is 0.655. The zero-order valence-corrected chi connectivity index (χ0v) is 8.42. The number of hydrogen-bond donors (Lipinski definition) is 0. The van der Waals surface area contributed by atoms with Crippen LogP contribution in [0.25, 0.3) is 0 Å². The van der Waals surface area contributed by atoms with Crippen molar-refractivity contribution in [2.45, 2.75) is 33.1 Å². The van der Waals surface area contributed by atoms with E-state index >= 15 is 0 Å². The first kappa shape index (κ1) is 9.66. The van der Waals surface area contributed by atoms with Gasteiger partial charge in [-0.15, -0.1) is 0 Å². The van der Waals surface area contributed by atoms with Crippen LogP contribution in [0.5, 0.6) is 0 Å². The van der Waals surface area contributed by atoms with Gasteiger partial charge in [0.25, 0.3) is 0 Å². The van der Waals surface area contributed by atoms with Gasteiger partial charge in [-0.05, 0) is 33.3 Å². The first-order valence-corrected chi connectivity index (χ1v) is 4.19. The molecule has 0 N–H and O–H groups in total. The number of aromatic nitrogens is 2. The van der Waals surface area contributed by atoms with Crippen LogP contribution in [0.4, 0.5) is 0 Å². The Bertz CT molecular complexity index is 361. The van der Waals surface area contributed by atoms with Crippen molar-refractivity contribution in [1.82, 2.24) is 9.97 Å². The number of rotatable bonds is 1. The van der Waals surface area contributed by atoms with Gasteiger partial charge in [0.1, 0.15) is 11.2 Å². The summed E-state index contributed by atoms with van der Waals surface area (Å²) in [4.78, 5) is 8.43. The topological polar surface area (TPSA) is 49.6 Å². The molecule has 1 heterocycles. The van der Waals surface area contributed by atoms with Gasteiger partial charge < -0.3 is 0 Å². The molecule has 1 aromatic heterocycles. The van der Waals surface area contributed by atoms with Crippen molar-refractivity contribution in [2.24, 2.45) is 0 Å². The molecule has 0 saturated carbocycles. The summed E-state index contributed by atoms with van der Waals surface area (Å²) in [6.45, 7) is 7.51. The summed E-state index contributed by atoms with van der Waals surface area (Å²) in [6.07, 6.45) is 1.76. The van der Waals surface area contributed by atoms with Crippen molar-refractivity contribution in [3.05, 3.63) is 23.3 Å². The smallest absolute Gasteiger partial charge is 0.148 e. The normalized spacial score (nSPS) is 11.0. The molecule has 0 fully saturated rings. The van der Waals surface area contributed by atoms with Crippen molar-refractivity contribution in [3.8, 4) is 6.07 Å². The number of hydrogen-bond acceptors (Lipinski definition) is 3. The van der Waals surface area contributed by atoms with E-state index < -0.39 is 5.41 Å². The van der Waals surface area contributed by atoms with E-state index in [2.05, 4.69) is 16.0 Å². The first-order chi connectivity index (χ1) is 5.97. The van der Waals surface area contributed by atoms with Gasteiger partial charge in [-0.3, -0.25) is 0 Å². The van der Waals surface area contributed by atoms with Crippen LogP contribution in [0.3, 0.4) is 0 Å². The van der Waals surface area contributed by atoms with Crippen LogP contribution in [0.1, 0.15) is 30.9 Å². The van der Waals surface area contributed by atoms with Crippen LogP contribution in [0, 0.1) is 25.2 Å². The fraction of sp³-hybridized carbons (Fsp3) is 0.500. The van der Waals surface area contributed by atoms with Crippen LogP contribution in [0.15, 0.2) is 6.20 Å². The van der Waals surface area contributed by atoms with Crippen molar-refractivity contribution in [2.75, 3.05) is 0 Å². The summed E-state index contributed by atoms with van der Waals surface area (Å²) in [5.41, 5.74) is 1.39. The molecule has 0 atom stereocenters. The molecule has 0 saturated heterocycles. The summed E-state index contributed by atoms with van der Waals surface area (Å²) in [5.74, 6) is 0.595. The second-order valence-electron chi connectivity index (χ2n) is 3.70. The molecule has 0 amide bonds. The fourth-order valence-electron chi connectivity index (χ4n) is 0.878. The van der Waals surface area contributed by atoms with E-state index in [0.29, 0.717) is 5.82 Å². The predicted octanol–water partition coefficient (Wildman–Crippen LogP) is 1.89. The molecule has 0 spiro atoms. The van der Waals surface area contributed by atoms with Gasteiger partial charge in [0.15, 0.2) is 0 Å². The molecule has 68 valence electrons. The minimum Gasteiger partial charge on any atom is -0.239 e. The molecule has 0 unspecified atom stereocenters. The highest BCUT2D eigenvalue weighted by atomic mass is 14.9. The minimum absolute atomic E-state index is 0.595. The largest absolute Gasteiger partial charge is 0.239 e. The third-order valence-electron chi connectivity index (χ3n) is 2.06. The second kappa shape index (κ2) is 3.14. The van der Waals surface area contributed by atoms with Crippen molar-refractivity contribution >= 4 is 0 Å². The third-order valence-corrected chi connectivity index (χ3v) is 2.06. The Hall–Kier alpha value is -1.43. The molecule has 3 nitrogen and oxygen atoms in total. The SMILES string of the molecule is Cc1cnc(C(C)(C)C#N)nc1C. The second-order valence-corrected chi connectivity index (χ2v) is 3.70.